The van der Waals surface area contributed by atoms with Crippen LogP contribution in [0.2, 0.25) is 0 Å². The van der Waals surface area contributed by atoms with E-state index in [1.807, 2.05) is 6.07 Å². The van der Waals surface area contributed by atoms with E-state index in [4.69, 9.17) is 8.92 Å². The normalized spacial score (nSPS) is 20.9. The summed E-state index contributed by atoms with van der Waals surface area (Å²) < 4.78 is 32.1. The fraction of sp³-hybridized carbons (Fsp3) is 0.455. The minimum atomic E-state index is -3.45. The first kappa shape index (κ1) is 11.4. The Morgan fingerprint density at radius 2 is 2.25 bits per heavy atom. The zero-order valence-corrected chi connectivity index (χ0v) is 9.87. The minimum Gasteiger partial charge on any atom is -0.383 e. The van der Waals surface area contributed by atoms with E-state index < -0.39 is 10.1 Å². The zero-order valence-electron chi connectivity index (χ0n) is 9.05. The van der Waals surface area contributed by atoms with Crippen LogP contribution in [-0.4, -0.2) is 27.9 Å². The Kier molecular flexibility index (Phi) is 3.16. The minimum absolute atomic E-state index is 0.350. The highest BCUT2D eigenvalue weighted by Gasteiger charge is 2.18. The van der Waals surface area contributed by atoms with Gasteiger partial charge < -0.3 is 8.92 Å². The molecule has 0 amide bonds. The maximum absolute atomic E-state index is 11.0. The molecular formula is C11H14O4S. The lowest BCUT2D eigenvalue weighted by Gasteiger charge is -2.09. The second-order valence-corrected chi connectivity index (χ2v) is 5.50. The third-order valence-electron chi connectivity index (χ3n) is 2.51. The smallest absolute Gasteiger partial charge is 0.306 e. The molecule has 1 aliphatic heterocycles. The Hall–Kier alpha value is -1.07. The third-order valence-corrected chi connectivity index (χ3v) is 3.00. The summed E-state index contributed by atoms with van der Waals surface area (Å²) in [5.41, 5.74) is 1.07. The molecule has 88 valence electrons. The number of hydrogen-bond donors (Lipinski definition) is 0. The largest absolute Gasteiger partial charge is 0.383 e. The molecule has 1 heterocycles. The lowest BCUT2D eigenvalue weighted by Crippen LogP contribution is -2.06. The molecule has 1 unspecified atom stereocenters. The first-order valence-electron chi connectivity index (χ1n) is 5.12. The fourth-order valence-corrected chi connectivity index (χ4v) is 2.25. The van der Waals surface area contributed by atoms with Gasteiger partial charge in [0.25, 0.3) is 0 Å². The van der Waals surface area contributed by atoms with Crippen LogP contribution in [0.15, 0.2) is 24.3 Å². The van der Waals surface area contributed by atoms with Crippen molar-refractivity contribution in [3.8, 4) is 5.75 Å². The Labute approximate surface area is 95.3 Å². The maximum Gasteiger partial charge on any atom is 0.306 e. The lowest BCUT2D eigenvalue weighted by atomic mass is 9.99. The third kappa shape index (κ3) is 2.96. The Morgan fingerprint density at radius 1 is 1.44 bits per heavy atom. The number of ether oxygens (including phenoxy) is 1. The highest BCUT2D eigenvalue weighted by atomic mass is 32.2. The van der Waals surface area contributed by atoms with E-state index >= 15 is 0 Å². The molecule has 1 aromatic carbocycles. The molecule has 16 heavy (non-hydrogen) atoms. The molecule has 1 saturated heterocycles. The van der Waals surface area contributed by atoms with E-state index in [2.05, 4.69) is 0 Å². The van der Waals surface area contributed by atoms with E-state index in [9.17, 15) is 8.42 Å². The van der Waals surface area contributed by atoms with E-state index in [0.717, 1.165) is 24.8 Å². The van der Waals surface area contributed by atoms with E-state index in [1.54, 1.807) is 18.2 Å². The van der Waals surface area contributed by atoms with E-state index in [0.29, 0.717) is 18.3 Å². The molecule has 0 N–H and O–H groups in total. The summed E-state index contributed by atoms with van der Waals surface area (Å²) in [5, 5.41) is 0. The van der Waals surface area contributed by atoms with Crippen LogP contribution in [-0.2, 0) is 14.9 Å². The van der Waals surface area contributed by atoms with Crippen molar-refractivity contribution in [2.45, 2.75) is 12.3 Å². The van der Waals surface area contributed by atoms with Gasteiger partial charge in [0.1, 0.15) is 5.75 Å². The van der Waals surface area contributed by atoms with Gasteiger partial charge in [0, 0.05) is 12.5 Å². The van der Waals surface area contributed by atoms with Crippen molar-refractivity contribution in [1.82, 2.24) is 0 Å². The topological polar surface area (TPSA) is 52.6 Å². The number of rotatable bonds is 3. The fourth-order valence-electron chi connectivity index (χ4n) is 1.79. The molecule has 0 aliphatic carbocycles. The molecular weight excluding hydrogens is 228 g/mol. The summed E-state index contributed by atoms with van der Waals surface area (Å²) in [5.74, 6) is 0.718. The first-order valence-corrected chi connectivity index (χ1v) is 6.93. The summed E-state index contributed by atoms with van der Waals surface area (Å²) in [6.45, 7) is 1.46. The highest BCUT2D eigenvalue weighted by molar-refractivity contribution is 7.86. The summed E-state index contributed by atoms with van der Waals surface area (Å²) in [6.07, 6.45) is 2.01. The predicted octanol–water partition coefficient (Wildman–Crippen LogP) is 1.53. The first-order chi connectivity index (χ1) is 7.54. The Bertz CT molecular complexity index is 461. The van der Waals surface area contributed by atoms with Gasteiger partial charge in [0.05, 0.1) is 12.9 Å². The van der Waals surface area contributed by atoms with Crippen LogP contribution < -0.4 is 4.18 Å². The average molecular weight is 242 g/mol. The van der Waals surface area contributed by atoms with Gasteiger partial charge in [0.15, 0.2) is 0 Å². The van der Waals surface area contributed by atoms with Gasteiger partial charge in [-0.1, -0.05) is 12.1 Å². The van der Waals surface area contributed by atoms with Crippen molar-refractivity contribution < 1.29 is 17.3 Å². The summed E-state index contributed by atoms with van der Waals surface area (Å²) in [4.78, 5) is 0. The summed E-state index contributed by atoms with van der Waals surface area (Å²) >= 11 is 0. The Balaban J connectivity index is 2.19. The molecule has 0 spiro atoms. The zero-order chi connectivity index (χ0) is 11.6. The standard InChI is InChI=1S/C11H14O4S/c1-16(12,13)15-11-4-2-3-9(7-11)10-5-6-14-8-10/h2-4,7,10H,5-6,8H2,1H3. The van der Waals surface area contributed by atoms with E-state index in [1.165, 1.54) is 0 Å². The molecule has 4 nitrogen and oxygen atoms in total. The van der Waals surface area contributed by atoms with Gasteiger partial charge in [-0.05, 0) is 24.1 Å². The van der Waals surface area contributed by atoms with E-state index in [-0.39, 0.29) is 0 Å². The van der Waals surface area contributed by atoms with Crippen molar-refractivity contribution >= 4 is 10.1 Å². The average Bonchev–Trinajstić information content (AvgIpc) is 2.68. The van der Waals surface area contributed by atoms with Gasteiger partial charge in [0.2, 0.25) is 0 Å². The van der Waals surface area contributed by atoms with Crippen LogP contribution in [0.25, 0.3) is 0 Å². The molecule has 0 saturated carbocycles. The van der Waals surface area contributed by atoms with Crippen molar-refractivity contribution in [2.75, 3.05) is 19.5 Å². The van der Waals surface area contributed by atoms with Gasteiger partial charge in [-0.3, -0.25) is 0 Å². The Morgan fingerprint density at radius 3 is 2.88 bits per heavy atom. The van der Waals surface area contributed by atoms with Crippen molar-refractivity contribution in [3.63, 3.8) is 0 Å². The summed E-state index contributed by atoms with van der Waals surface area (Å²) in [6, 6.07) is 7.17. The lowest BCUT2D eigenvalue weighted by molar-refractivity contribution is 0.194. The van der Waals surface area contributed by atoms with Gasteiger partial charge in [-0.2, -0.15) is 8.42 Å². The predicted molar refractivity (Wildman–Crippen MR) is 60.1 cm³/mol. The van der Waals surface area contributed by atoms with Gasteiger partial charge in [-0.15, -0.1) is 0 Å². The second kappa shape index (κ2) is 4.43. The maximum atomic E-state index is 11.0. The molecule has 1 aromatic rings. The second-order valence-electron chi connectivity index (χ2n) is 3.92. The molecule has 1 atom stereocenters. The van der Waals surface area contributed by atoms with Crippen molar-refractivity contribution in [3.05, 3.63) is 29.8 Å². The number of benzene rings is 1. The molecule has 5 heteroatoms. The monoisotopic (exact) mass is 242 g/mol. The van der Waals surface area contributed by atoms with Crippen LogP contribution in [0.1, 0.15) is 17.9 Å². The van der Waals surface area contributed by atoms with Gasteiger partial charge >= 0.3 is 10.1 Å². The number of hydrogen-bond acceptors (Lipinski definition) is 4. The molecule has 2 rings (SSSR count). The van der Waals surface area contributed by atoms with Crippen LogP contribution in [0.5, 0.6) is 5.75 Å². The summed E-state index contributed by atoms with van der Waals surface area (Å²) in [7, 11) is -3.45. The van der Waals surface area contributed by atoms with Crippen LogP contribution in [0.4, 0.5) is 0 Å². The van der Waals surface area contributed by atoms with Gasteiger partial charge in [-0.25, -0.2) is 0 Å². The SMILES string of the molecule is CS(=O)(=O)Oc1cccc(C2CCOC2)c1. The molecule has 1 fully saturated rings. The van der Waals surface area contributed by atoms with Crippen molar-refractivity contribution in [1.29, 1.82) is 0 Å². The van der Waals surface area contributed by atoms with Crippen molar-refractivity contribution in [2.24, 2.45) is 0 Å². The molecule has 0 aromatic heterocycles. The quantitative estimate of drug-likeness (QED) is 0.754. The van der Waals surface area contributed by atoms with Crippen LogP contribution in [0, 0.1) is 0 Å². The van der Waals surface area contributed by atoms with Crippen LogP contribution >= 0.6 is 0 Å². The molecule has 0 radical (unpaired) electrons. The molecule has 0 bridgehead atoms. The molecule has 1 aliphatic rings. The van der Waals surface area contributed by atoms with Crippen LogP contribution in [0.3, 0.4) is 0 Å². The highest BCUT2D eigenvalue weighted by Crippen LogP contribution is 2.27.